The lowest BCUT2D eigenvalue weighted by Gasteiger charge is -2.38. The van der Waals surface area contributed by atoms with Crippen LogP contribution in [-0.2, 0) is 17.7 Å². The van der Waals surface area contributed by atoms with Crippen molar-refractivity contribution in [3.8, 4) is 0 Å². The molecule has 4 rings (SSSR count). The molecule has 2 heterocycles. The highest BCUT2D eigenvalue weighted by molar-refractivity contribution is 6.34. The Kier molecular flexibility index (Phi) is 5.93. The van der Waals surface area contributed by atoms with Gasteiger partial charge in [-0.1, -0.05) is 36.2 Å². The maximum atomic E-state index is 6.21. The maximum absolute atomic E-state index is 6.21. The van der Waals surface area contributed by atoms with E-state index in [1.165, 1.54) is 22.4 Å². The molecule has 0 aliphatic carbocycles. The molecule has 1 fully saturated rings. The van der Waals surface area contributed by atoms with Gasteiger partial charge in [-0.3, -0.25) is 4.90 Å². The summed E-state index contributed by atoms with van der Waals surface area (Å²) in [6, 6.07) is 13.3. The molecule has 0 amide bonds. The monoisotopic (exact) mass is 404 g/mol. The number of ether oxygens (including phenoxy) is 1. The zero-order valence-corrected chi connectivity index (χ0v) is 17.3. The molecule has 0 radical (unpaired) electrons. The first-order valence-electron chi connectivity index (χ1n) is 9.78. The van der Waals surface area contributed by atoms with Crippen molar-refractivity contribution in [3.63, 3.8) is 0 Å². The smallest absolute Gasteiger partial charge is 0.0642 e. The van der Waals surface area contributed by atoms with Gasteiger partial charge in [0.05, 0.1) is 13.2 Å². The zero-order valence-electron chi connectivity index (χ0n) is 15.8. The number of morpholine rings is 1. The van der Waals surface area contributed by atoms with Crippen LogP contribution in [0.25, 0.3) is 0 Å². The van der Waals surface area contributed by atoms with E-state index in [1.807, 2.05) is 12.1 Å². The normalized spacial score (nSPS) is 20.6. The Morgan fingerprint density at radius 1 is 1.00 bits per heavy atom. The van der Waals surface area contributed by atoms with E-state index in [1.54, 1.807) is 6.07 Å². The van der Waals surface area contributed by atoms with E-state index in [0.29, 0.717) is 16.1 Å². The van der Waals surface area contributed by atoms with Gasteiger partial charge in [0, 0.05) is 48.0 Å². The summed E-state index contributed by atoms with van der Waals surface area (Å²) in [5.74, 6) is 0. The first kappa shape index (κ1) is 19.1. The third-order valence-corrected chi connectivity index (χ3v) is 6.10. The SMILES string of the molecule is CCC1c2cc(N3CCOCC3)ccc2CCN1Cc1cc(Cl)cc(Cl)c1. The van der Waals surface area contributed by atoms with Crippen LogP contribution >= 0.6 is 23.2 Å². The van der Waals surface area contributed by atoms with Gasteiger partial charge in [0.15, 0.2) is 0 Å². The Morgan fingerprint density at radius 2 is 1.74 bits per heavy atom. The lowest BCUT2D eigenvalue weighted by molar-refractivity contribution is 0.122. The first-order valence-corrected chi connectivity index (χ1v) is 10.5. The standard InChI is InChI=1S/C22H26Cl2N2O/c1-2-22-21-14-20(25-7-9-27-10-8-25)4-3-17(21)5-6-26(22)15-16-11-18(23)13-19(24)12-16/h3-4,11-14,22H,2,5-10,15H2,1H3. The van der Waals surface area contributed by atoms with Gasteiger partial charge in [-0.15, -0.1) is 0 Å². The van der Waals surface area contributed by atoms with Crippen molar-refractivity contribution in [1.29, 1.82) is 0 Å². The van der Waals surface area contributed by atoms with E-state index in [4.69, 9.17) is 27.9 Å². The molecule has 144 valence electrons. The van der Waals surface area contributed by atoms with E-state index in [-0.39, 0.29) is 0 Å². The van der Waals surface area contributed by atoms with Gasteiger partial charge in [-0.25, -0.2) is 0 Å². The summed E-state index contributed by atoms with van der Waals surface area (Å²) >= 11 is 12.4. The predicted octanol–water partition coefficient (Wildman–Crippen LogP) is 5.34. The summed E-state index contributed by atoms with van der Waals surface area (Å²) < 4.78 is 5.51. The van der Waals surface area contributed by atoms with Crippen molar-refractivity contribution < 1.29 is 4.74 Å². The summed E-state index contributed by atoms with van der Waals surface area (Å²) in [6.07, 6.45) is 2.18. The largest absolute Gasteiger partial charge is 0.378 e. The van der Waals surface area contributed by atoms with Crippen molar-refractivity contribution in [2.75, 3.05) is 37.7 Å². The topological polar surface area (TPSA) is 15.7 Å². The molecule has 0 N–H and O–H groups in total. The summed E-state index contributed by atoms with van der Waals surface area (Å²) in [4.78, 5) is 5.00. The molecule has 2 aromatic carbocycles. The zero-order chi connectivity index (χ0) is 18.8. The van der Waals surface area contributed by atoms with Crippen molar-refractivity contribution in [2.24, 2.45) is 0 Å². The third-order valence-electron chi connectivity index (χ3n) is 5.67. The van der Waals surface area contributed by atoms with Gasteiger partial charge in [0.2, 0.25) is 0 Å². The summed E-state index contributed by atoms with van der Waals surface area (Å²) in [5, 5.41) is 1.41. The Hall–Kier alpha value is -1.26. The fraction of sp³-hybridized carbons (Fsp3) is 0.455. The van der Waals surface area contributed by atoms with E-state index in [9.17, 15) is 0 Å². The molecule has 0 saturated carbocycles. The number of benzene rings is 2. The number of hydrogen-bond acceptors (Lipinski definition) is 3. The molecule has 2 aliphatic heterocycles. The molecule has 3 nitrogen and oxygen atoms in total. The molecular weight excluding hydrogens is 379 g/mol. The average Bonchev–Trinajstić information content (AvgIpc) is 2.67. The second-order valence-electron chi connectivity index (χ2n) is 7.40. The quantitative estimate of drug-likeness (QED) is 0.683. The minimum Gasteiger partial charge on any atom is -0.378 e. The fourth-order valence-corrected chi connectivity index (χ4v) is 4.93. The summed E-state index contributed by atoms with van der Waals surface area (Å²) in [7, 11) is 0. The fourth-order valence-electron chi connectivity index (χ4n) is 4.36. The number of rotatable bonds is 4. The van der Waals surface area contributed by atoms with E-state index in [0.717, 1.165) is 52.2 Å². The van der Waals surface area contributed by atoms with Crippen LogP contribution < -0.4 is 4.90 Å². The molecule has 2 aromatic rings. The molecule has 2 aliphatic rings. The van der Waals surface area contributed by atoms with Gasteiger partial charge in [0.1, 0.15) is 0 Å². The van der Waals surface area contributed by atoms with E-state index >= 15 is 0 Å². The Labute approximate surface area is 171 Å². The van der Waals surface area contributed by atoms with Crippen molar-refractivity contribution in [3.05, 3.63) is 63.1 Å². The van der Waals surface area contributed by atoms with Crippen LogP contribution in [0.1, 0.15) is 36.1 Å². The van der Waals surface area contributed by atoms with Gasteiger partial charge in [-0.05, 0) is 59.9 Å². The molecule has 1 unspecified atom stereocenters. The Balaban J connectivity index is 1.59. The van der Waals surface area contributed by atoms with Crippen molar-refractivity contribution >= 4 is 28.9 Å². The number of anilines is 1. The molecular formula is C22H26Cl2N2O. The summed E-state index contributed by atoms with van der Waals surface area (Å²) in [5.41, 5.74) is 5.46. The Bertz CT molecular complexity index is 785. The van der Waals surface area contributed by atoms with Gasteiger partial charge in [-0.2, -0.15) is 0 Å². The number of halogens is 2. The molecule has 27 heavy (non-hydrogen) atoms. The minimum absolute atomic E-state index is 0.424. The maximum Gasteiger partial charge on any atom is 0.0642 e. The second kappa shape index (κ2) is 8.40. The van der Waals surface area contributed by atoms with E-state index in [2.05, 4.69) is 34.9 Å². The molecule has 1 atom stereocenters. The molecule has 5 heteroatoms. The molecule has 0 spiro atoms. The van der Waals surface area contributed by atoms with Gasteiger partial charge in [0.25, 0.3) is 0 Å². The van der Waals surface area contributed by atoms with Crippen LogP contribution in [0.15, 0.2) is 36.4 Å². The van der Waals surface area contributed by atoms with Crippen LogP contribution in [0.5, 0.6) is 0 Å². The predicted molar refractivity (Wildman–Crippen MR) is 113 cm³/mol. The van der Waals surface area contributed by atoms with Gasteiger partial charge < -0.3 is 9.64 Å². The highest BCUT2D eigenvalue weighted by Gasteiger charge is 2.27. The van der Waals surface area contributed by atoms with Crippen LogP contribution in [0.3, 0.4) is 0 Å². The lowest BCUT2D eigenvalue weighted by Crippen LogP contribution is -2.37. The molecule has 0 aromatic heterocycles. The van der Waals surface area contributed by atoms with Crippen molar-refractivity contribution in [1.82, 2.24) is 4.90 Å². The van der Waals surface area contributed by atoms with Crippen LogP contribution in [-0.4, -0.2) is 37.7 Å². The van der Waals surface area contributed by atoms with Crippen molar-refractivity contribution in [2.45, 2.75) is 32.4 Å². The number of fused-ring (bicyclic) bond motifs is 1. The van der Waals surface area contributed by atoms with Crippen LogP contribution in [0.4, 0.5) is 5.69 Å². The molecule has 0 bridgehead atoms. The highest BCUT2D eigenvalue weighted by atomic mass is 35.5. The number of hydrogen-bond donors (Lipinski definition) is 0. The van der Waals surface area contributed by atoms with Gasteiger partial charge >= 0.3 is 0 Å². The van der Waals surface area contributed by atoms with E-state index < -0.39 is 0 Å². The minimum atomic E-state index is 0.424. The lowest BCUT2D eigenvalue weighted by atomic mass is 9.90. The Morgan fingerprint density at radius 3 is 2.44 bits per heavy atom. The first-order chi connectivity index (χ1) is 13.1. The number of nitrogens with zero attached hydrogens (tertiary/aromatic N) is 2. The molecule has 1 saturated heterocycles. The van der Waals surface area contributed by atoms with Crippen LogP contribution in [0.2, 0.25) is 10.0 Å². The average molecular weight is 405 g/mol. The summed E-state index contributed by atoms with van der Waals surface area (Å²) in [6.45, 7) is 7.79. The highest BCUT2D eigenvalue weighted by Crippen LogP contribution is 2.36. The van der Waals surface area contributed by atoms with Crippen LogP contribution in [0, 0.1) is 0 Å². The second-order valence-corrected chi connectivity index (χ2v) is 8.28. The third kappa shape index (κ3) is 4.27.